The summed E-state index contributed by atoms with van der Waals surface area (Å²) in [5, 5.41) is 0. The zero-order valence-electron chi connectivity index (χ0n) is 11.3. The van der Waals surface area contributed by atoms with E-state index in [-0.39, 0.29) is 11.0 Å². The molecular weight excluding hydrogens is 264 g/mol. The predicted molar refractivity (Wildman–Crippen MR) is 74.4 cm³/mol. The summed E-state index contributed by atoms with van der Waals surface area (Å²) in [7, 11) is -3.49. The lowest BCUT2D eigenvalue weighted by Crippen LogP contribution is -2.36. The van der Waals surface area contributed by atoms with E-state index in [4.69, 9.17) is 10.5 Å². The van der Waals surface area contributed by atoms with Crippen LogP contribution in [0.2, 0.25) is 0 Å². The van der Waals surface area contributed by atoms with Gasteiger partial charge in [0.25, 0.3) is 0 Å². The summed E-state index contributed by atoms with van der Waals surface area (Å²) in [6.07, 6.45) is 0.629. The molecule has 19 heavy (non-hydrogen) atoms. The van der Waals surface area contributed by atoms with Gasteiger partial charge in [0.15, 0.2) is 0 Å². The summed E-state index contributed by atoms with van der Waals surface area (Å²) in [5.74, 6) is 0. The van der Waals surface area contributed by atoms with Gasteiger partial charge in [-0.1, -0.05) is 0 Å². The van der Waals surface area contributed by atoms with E-state index in [2.05, 4.69) is 0 Å². The van der Waals surface area contributed by atoms with E-state index in [9.17, 15) is 8.42 Å². The molecule has 0 radical (unpaired) electrons. The maximum Gasteiger partial charge on any atom is 0.243 e. The predicted octanol–water partition coefficient (Wildman–Crippen LogP) is 1.38. The lowest BCUT2D eigenvalue weighted by molar-refractivity contribution is 0.0752. The first-order valence-corrected chi connectivity index (χ1v) is 7.82. The number of rotatable bonds is 2. The third kappa shape index (κ3) is 3.26. The largest absolute Gasteiger partial charge is 0.399 e. The fourth-order valence-corrected chi connectivity index (χ4v) is 3.94. The number of ether oxygens (including phenoxy) is 1. The molecule has 0 saturated carbocycles. The van der Waals surface area contributed by atoms with Gasteiger partial charge in [-0.15, -0.1) is 0 Å². The van der Waals surface area contributed by atoms with Crippen LogP contribution in [-0.2, 0) is 14.8 Å². The Balaban J connectivity index is 2.35. The van der Waals surface area contributed by atoms with E-state index >= 15 is 0 Å². The lowest BCUT2D eigenvalue weighted by Gasteiger charge is -2.22. The van der Waals surface area contributed by atoms with Crippen LogP contribution in [0.25, 0.3) is 0 Å². The summed E-state index contributed by atoms with van der Waals surface area (Å²) < 4.78 is 32.2. The van der Waals surface area contributed by atoms with Gasteiger partial charge in [0.05, 0.1) is 11.0 Å². The minimum Gasteiger partial charge on any atom is -0.399 e. The Morgan fingerprint density at radius 2 is 2.11 bits per heavy atom. The molecule has 6 heteroatoms. The molecule has 0 aromatic heterocycles. The molecule has 1 heterocycles. The third-order valence-corrected chi connectivity index (χ3v) is 4.97. The first kappa shape index (κ1) is 14.3. The van der Waals surface area contributed by atoms with Gasteiger partial charge in [0.2, 0.25) is 10.0 Å². The number of hydrogen-bond donors (Lipinski definition) is 1. The highest BCUT2D eigenvalue weighted by atomic mass is 32.2. The summed E-state index contributed by atoms with van der Waals surface area (Å²) >= 11 is 0. The van der Waals surface area contributed by atoms with Crippen molar-refractivity contribution in [3.63, 3.8) is 0 Å². The van der Waals surface area contributed by atoms with Crippen molar-refractivity contribution in [1.29, 1.82) is 0 Å². The van der Waals surface area contributed by atoms with E-state index in [1.54, 1.807) is 12.1 Å². The highest BCUT2D eigenvalue weighted by Gasteiger charge is 2.28. The third-order valence-electron chi connectivity index (χ3n) is 3.13. The van der Waals surface area contributed by atoms with E-state index < -0.39 is 10.0 Å². The number of hydrogen-bond acceptors (Lipinski definition) is 4. The highest BCUT2D eigenvalue weighted by molar-refractivity contribution is 7.89. The van der Waals surface area contributed by atoms with Gasteiger partial charge >= 0.3 is 0 Å². The minimum atomic E-state index is -3.49. The number of nitrogens with two attached hydrogens (primary N) is 1. The average molecular weight is 284 g/mol. The Bertz CT molecular complexity index is 537. The Kier molecular flexibility index (Phi) is 4.13. The summed E-state index contributed by atoms with van der Waals surface area (Å²) in [5.41, 5.74) is 7.05. The number of nitrogen functional groups attached to an aromatic ring is 1. The van der Waals surface area contributed by atoms with Crippen LogP contribution in [0.4, 0.5) is 5.69 Å². The molecule has 1 aromatic carbocycles. The van der Waals surface area contributed by atoms with Crippen molar-refractivity contribution >= 4 is 15.7 Å². The Labute approximate surface area is 114 Å². The van der Waals surface area contributed by atoms with Crippen LogP contribution in [0.1, 0.15) is 18.9 Å². The Morgan fingerprint density at radius 1 is 1.37 bits per heavy atom. The zero-order valence-corrected chi connectivity index (χ0v) is 12.1. The van der Waals surface area contributed by atoms with Crippen LogP contribution in [0, 0.1) is 6.92 Å². The van der Waals surface area contributed by atoms with E-state index in [0.29, 0.717) is 31.8 Å². The standard InChI is InChI=1S/C13H20N2O3S/c1-10-6-12(14)8-13(7-10)19(16,17)15-4-3-5-18-11(2)9-15/h6-8,11H,3-5,9,14H2,1-2H3. The van der Waals surface area contributed by atoms with Crippen LogP contribution in [-0.4, -0.2) is 38.5 Å². The fourth-order valence-electron chi connectivity index (χ4n) is 2.25. The molecule has 2 rings (SSSR count). The molecule has 0 spiro atoms. The van der Waals surface area contributed by atoms with Crippen molar-refractivity contribution in [2.45, 2.75) is 31.3 Å². The molecular formula is C13H20N2O3S. The van der Waals surface area contributed by atoms with E-state index in [1.165, 1.54) is 10.4 Å². The monoisotopic (exact) mass is 284 g/mol. The number of anilines is 1. The molecule has 5 nitrogen and oxygen atoms in total. The quantitative estimate of drug-likeness (QED) is 0.833. The first-order valence-electron chi connectivity index (χ1n) is 6.38. The van der Waals surface area contributed by atoms with Gasteiger partial charge in [-0.2, -0.15) is 4.31 Å². The fraction of sp³-hybridized carbons (Fsp3) is 0.538. The second-order valence-corrected chi connectivity index (χ2v) is 6.92. The maximum absolute atomic E-state index is 12.6. The van der Waals surface area contributed by atoms with Gasteiger partial charge in [-0.25, -0.2) is 8.42 Å². The highest BCUT2D eigenvalue weighted by Crippen LogP contribution is 2.22. The number of sulfonamides is 1. The van der Waals surface area contributed by atoms with Crippen LogP contribution >= 0.6 is 0 Å². The van der Waals surface area contributed by atoms with Crippen LogP contribution in [0.15, 0.2) is 23.1 Å². The van der Waals surface area contributed by atoms with Gasteiger partial charge in [-0.3, -0.25) is 0 Å². The van der Waals surface area contributed by atoms with Crippen LogP contribution in [0.3, 0.4) is 0 Å². The molecule has 1 saturated heterocycles. The normalized spacial score (nSPS) is 22.1. The average Bonchev–Trinajstić information content (AvgIpc) is 2.53. The van der Waals surface area contributed by atoms with Crippen molar-refractivity contribution in [3.8, 4) is 0 Å². The first-order chi connectivity index (χ1) is 8.89. The van der Waals surface area contributed by atoms with Crippen molar-refractivity contribution in [2.24, 2.45) is 0 Å². The molecule has 1 aliphatic heterocycles. The number of nitrogens with zero attached hydrogens (tertiary/aromatic N) is 1. The van der Waals surface area contributed by atoms with Gasteiger partial charge in [0.1, 0.15) is 0 Å². The van der Waals surface area contributed by atoms with E-state index in [0.717, 1.165) is 5.56 Å². The number of aryl methyl sites for hydroxylation is 1. The summed E-state index contributed by atoms with van der Waals surface area (Å²) in [4.78, 5) is 0.263. The van der Waals surface area contributed by atoms with Crippen molar-refractivity contribution in [3.05, 3.63) is 23.8 Å². The second kappa shape index (κ2) is 5.48. The SMILES string of the molecule is Cc1cc(N)cc(S(=O)(=O)N2CCCOC(C)C2)c1. The van der Waals surface area contributed by atoms with Gasteiger partial charge in [-0.05, 0) is 44.0 Å². The molecule has 1 fully saturated rings. The summed E-state index contributed by atoms with van der Waals surface area (Å²) in [6, 6.07) is 4.92. The van der Waals surface area contributed by atoms with Crippen molar-refractivity contribution < 1.29 is 13.2 Å². The molecule has 0 aliphatic carbocycles. The van der Waals surface area contributed by atoms with Crippen LogP contribution in [0.5, 0.6) is 0 Å². The maximum atomic E-state index is 12.6. The molecule has 2 N–H and O–H groups in total. The molecule has 0 bridgehead atoms. The second-order valence-electron chi connectivity index (χ2n) is 4.98. The van der Waals surface area contributed by atoms with Crippen molar-refractivity contribution in [1.82, 2.24) is 4.31 Å². The van der Waals surface area contributed by atoms with Crippen LogP contribution < -0.4 is 5.73 Å². The Hall–Kier alpha value is -1.11. The van der Waals surface area contributed by atoms with Gasteiger partial charge < -0.3 is 10.5 Å². The van der Waals surface area contributed by atoms with Crippen molar-refractivity contribution in [2.75, 3.05) is 25.4 Å². The smallest absolute Gasteiger partial charge is 0.243 e. The molecule has 1 unspecified atom stereocenters. The summed E-state index contributed by atoms with van der Waals surface area (Å²) in [6.45, 7) is 5.20. The van der Waals surface area contributed by atoms with E-state index in [1.807, 2.05) is 13.8 Å². The number of benzene rings is 1. The molecule has 1 atom stereocenters. The Morgan fingerprint density at radius 3 is 2.79 bits per heavy atom. The molecule has 0 amide bonds. The molecule has 1 aliphatic rings. The molecule has 106 valence electrons. The minimum absolute atomic E-state index is 0.0839. The van der Waals surface area contributed by atoms with Gasteiger partial charge in [0, 0.05) is 25.4 Å². The molecule has 1 aromatic rings. The lowest BCUT2D eigenvalue weighted by atomic mass is 10.2. The topological polar surface area (TPSA) is 72.6 Å². The zero-order chi connectivity index (χ0) is 14.0.